The van der Waals surface area contributed by atoms with Gasteiger partial charge in [-0.1, -0.05) is 25.7 Å². The van der Waals surface area contributed by atoms with Gasteiger partial charge in [0.25, 0.3) is 0 Å². The van der Waals surface area contributed by atoms with Gasteiger partial charge >= 0.3 is 0 Å². The van der Waals surface area contributed by atoms with E-state index in [-0.39, 0.29) is 5.54 Å². The average molecular weight is 371 g/mol. The molecule has 2 fully saturated rings. The molecule has 1 aromatic carbocycles. The van der Waals surface area contributed by atoms with Crippen LogP contribution in [-0.2, 0) is 4.74 Å². The molecule has 2 aliphatic heterocycles. The number of likely N-dealkylation sites (tertiary alicyclic amines) is 1. The summed E-state index contributed by atoms with van der Waals surface area (Å²) in [5, 5.41) is 0. The third-order valence-electron chi connectivity index (χ3n) is 6.50. The van der Waals surface area contributed by atoms with Crippen LogP contribution in [0.2, 0.25) is 0 Å². The van der Waals surface area contributed by atoms with Crippen LogP contribution in [0.4, 0.5) is 0 Å². The molecule has 4 heteroatoms. The number of rotatable bonds is 6. The zero-order chi connectivity index (χ0) is 18.5. The maximum atomic E-state index is 5.95. The third-order valence-corrected chi connectivity index (χ3v) is 6.50. The van der Waals surface area contributed by atoms with Crippen molar-refractivity contribution in [2.45, 2.75) is 76.3 Å². The molecule has 2 heterocycles. The number of piperidine rings is 1. The molecule has 1 aromatic rings. The van der Waals surface area contributed by atoms with Crippen molar-refractivity contribution in [3.05, 3.63) is 29.8 Å². The van der Waals surface area contributed by atoms with Gasteiger partial charge in [-0.3, -0.25) is 0 Å². The molecule has 148 valence electrons. The summed E-state index contributed by atoms with van der Waals surface area (Å²) in [6.07, 6.45) is 11.4. The number of hydrogen-bond acceptors (Lipinski definition) is 4. The van der Waals surface area contributed by atoms with Crippen LogP contribution in [0.1, 0.15) is 70.3 Å². The van der Waals surface area contributed by atoms with E-state index >= 15 is 0 Å². The first-order valence-corrected chi connectivity index (χ1v) is 10.9. The van der Waals surface area contributed by atoms with Gasteiger partial charge in [0.2, 0.25) is 5.90 Å². The SMILES string of the molecule is CC1CCCCN1CCCOc1ccc(C2=NC3(CCCCC3)CO2)cc1. The molecular weight excluding hydrogens is 336 g/mol. The van der Waals surface area contributed by atoms with Crippen LogP contribution in [0.15, 0.2) is 29.3 Å². The molecule has 4 rings (SSSR count). The Hall–Kier alpha value is -1.55. The minimum atomic E-state index is 0.0638. The first kappa shape index (κ1) is 18.8. The standard InChI is InChI=1S/C23H34N2O2/c1-19-8-3-6-15-25(19)16-7-17-26-21-11-9-20(10-12-21)22-24-23(18-27-22)13-4-2-5-14-23/h9-12,19H,2-8,13-18H2,1H3. The van der Waals surface area contributed by atoms with E-state index in [0.29, 0.717) is 0 Å². The highest BCUT2D eigenvalue weighted by Crippen LogP contribution is 2.36. The highest BCUT2D eigenvalue weighted by molar-refractivity contribution is 5.95. The van der Waals surface area contributed by atoms with Gasteiger partial charge in [-0.15, -0.1) is 0 Å². The molecule has 0 aromatic heterocycles. The van der Waals surface area contributed by atoms with Crippen molar-refractivity contribution in [3.63, 3.8) is 0 Å². The minimum absolute atomic E-state index is 0.0638. The van der Waals surface area contributed by atoms with Gasteiger partial charge in [0.1, 0.15) is 12.4 Å². The summed E-state index contributed by atoms with van der Waals surface area (Å²) in [4.78, 5) is 7.57. The lowest BCUT2D eigenvalue weighted by Gasteiger charge is -2.33. The summed E-state index contributed by atoms with van der Waals surface area (Å²) >= 11 is 0. The Morgan fingerprint density at radius 1 is 1.11 bits per heavy atom. The van der Waals surface area contributed by atoms with E-state index in [1.807, 2.05) is 0 Å². The Bertz CT molecular complexity index is 634. The molecule has 4 nitrogen and oxygen atoms in total. The van der Waals surface area contributed by atoms with Crippen molar-refractivity contribution in [2.75, 3.05) is 26.3 Å². The number of benzene rings is 1. The highest BCUT2D eigenvalue weighted by atomic mass is 16.5. The third kappa shape index (κ3) is 4.66. The van der Waals surface area contributed by atoms with Gasteiger partial charge in [0.05, 0.1) is 12.1 Å². The summed E-state index contributed by atoms with van der Waals surface area (Å²) < 4.78 is 11.9. The Morgan fingerprint density at radius 2 is 1.93 bits per heavy atom. The van der Waals surface area contributed by atoms with Crippen LogP contribution in [0.25, 0.3) is 0 Å². The lowest BCUT2D eigenvalue weighted by atomic mass is 9.83. The van der Waals surface area contributed by atoms with Crippen molar-refractivity contribution >= 4 is 5.90 Å². The van der Waals surface area contributed by atoms with Crippen molar-refractivity contribution in [2.24, 2.45) is 4.99 Å². The van der Waals surface area contributed by atoms with E-state index in [0.717, 1.165) is 49.4 Å². The second-order valence-electron chi connectivity index (χ2n) is 8.60. The molecule has 1 spiro atoms. The summed E-state index contributed by atoms with van der Waals surface area (Å²) in [6.45, 7) is 6.29. The van der Waals surface area contributed by atoms with Gasteiger partial charge in [0.15, 0.2) is 0 Å². The minimum Gasteiger partial charge on any atom is -0.494 e. The number of ether oxygens (including phenoxy) is 2. The molecule has 1 saturated carbocycles. The van der Waals surface area contributed by atoms with Crippen LogP contribution in [0.3, 0.4) is 0 Å². The first-order valence-electron chi connectivity index (χ1n) is 10.9. The second kappa shape index (κ2) is 8.64. The molecule has 1 aliphatic carbocycles. The Labute approximate surface area is 164 Å². The fourth-order valence-corrected chi connectivity index (χ4v) is 4.74. The Kier molecular flexibility index (Phi) is 6.01. The van der Waals surface area contributed by atoms with Gasteiger partial charge in [0, 0.05) is 18.2 Å². The predicted molar refractivity (Wildman–Crippen MR) is 110 cm³/mol. The Morgan fingerprint density at radius 3 is 2.70 bits per heavy atom. The van der Waals surface area contributed by atoms with Crippen LogP contribution in [-0.4, -0.2) is 48.7 Å². The van der Waals surface area contributed by atoms with E-state index in [1.54, 1.807) is 0 Å². The van der Waals surface area contributed by atoms with Crippen molar-refractivity contribution in [3.8, 4) is 5.75 Å². The summed E-state index contributed by atoms with van der Waals surface area (Å²) in [7, 11) is 0. The second-order valence-corrected chi connectivity index (χ2v) is 8.60. The number of aliphatic imine (C=N–C) groups is 1. The van der Waals surface area contributed by atoms with E-state index < -0.39 is 0 Å². The first-order chi connectivity index (χ1) is 13.2. The van der Waals surface area contributed by atoms with Crippen molar-refractivity contribution < 1.29 is 9.47 Å². The van der Waals surface area contributed by atoms with Gasteiger partial charge in [-0.05, 0) is 69.8 Å². The topological polar surface area (TPSA) is 34.1 Å². The van der Waals surface area contributed by atoms with E-state index in [1.165, 1.54) is 57.9 Å². The number of hydrogen-bond donors (Lipinski definition) is 0. The fourth-order valence-electron chi connectivity index (χ4n) is 4.74. The lowest BCUT2D eigenvalue weighted by Crippen LogP contribution is -2.38. The van der Waals surface area contributed by atoms with E-state index in [2.05, 4.69) is 36.1 Å². The summed E-state index contributed by atoms with van der Waals surface area (Å²) in [5.74, 6) is 1.76. The predicted octanol–water partition coefficient (Wildman–Crippen LogP) is 4.81. The molecule has 0 N–H and O–H groups in total. The molecule has 1 unspecified atom stereocenters. The lowest BCUT2D eigenvalue weighted by molar-refractivity contribution is 0.148. The normalized spacial score (nSPS) is 25.2. The zero-order valence-corrected chi connectivity index (χ0v) is 16.8. The summed E-state index contributed by atoms with van der Waals surface area (Å²) in [5.41, 5.74) is 1.14. The van der Waals surface area contributed by atoms with Gasteiger partial charge in [-0.2, -0.15) is 0 Å². The number of nitrogens with zero attached hydrogens (tertiary/aromatic N) is 2. The monoisotopic (exact) mass is 370 g/mol. The summed E-state index contributed by atoms with van der Waals surface area (Å²) in [6, 6.07) is 9.01. The highest BCUT2D eigenvalue weighted by Gasteiger charge is 2.37. The van der Waals surface area contributed by atoms with Crippen LogP contribution < -0.4 is 4.74 Å². The van der Waals surface area contributed by atoms with Crippen LogP contribution in [0, 0.1) is 0 Å². The maximum Gasteiger partial charge on any atom is 0.216 e. The van der Waals surface area contributed by atoms with Crippen molar-refractivity contribution in [1.82, 2.24) is 4.90 Å². The zero-order valence-electron chi connectivity index (χ0n) is 16.8. The molecule has 0 bridgehead atoms. The Balaban J connectivity index is 1.25. The van der Waals surface area contributed by atoms with Gasteiger partial charge < -0.3 is 14.4 Å². The molecule has 1 saturated heterocycles. The van der Waals surface area contributed by atoms with Crippen molar-refractivity contribution in [1.29, 1.82) is 0 Å². The molecule has 1 atom stereocenters. The van der Waals surface area contributed by atoms with Gasteiger partial charge in [-0.25, -0.2) is 4.99 Å². The molecule has 3 aliphatic rings. The van der Waals surface area contributed by atoms with E-state index in [9.17, 15) is 0 Å². The maximum absolute atomic E-state index is 5.95. The molecule has 0 radical (unpaired) electrons. The molecule has 27 heavy (non-hydrogen) atoms. The molecule has 0 amide bonds. The van der Waals surface area contributed by atoms with Crippen LogP contribution >= 0.6 is 0 Å². The van der Waals surface area contributed by atoms with E-state index in [4.69, 9.17) is 14.5 Å². The smallest absolute Gasteiger partial charge is 0.216 e. The average Bonchev–Trinajstić information content (AvgIpc) is 3.11. The quantitative estimate of drug-likeness (QED) is 0.674. The van der Waals surface area contributed by atoms with Crippen LogP contribution in [0.5, 0.6) is 5.75 Å². The largest absolute Gasteiger partial charge is 0.494 e. The molecular formula is C23H34N2O2. The fraction of sp³-hybridized carbons (Fsp3) is 0.696.